The van der Waals surface area contributed by atoms with Gasteiger partial charge in [-0.25, -0.2) is 0 Å². The number of ether oxygens (including phenoxy) is 1. The lowest BCUT2D eigenvalue weighted by Gasteiger charge is -2.35. The number of hydrogen-bond acceptors (Lipinski definition) is 2. The van der Waals surface area contributed by atoms with E-state index in [1.165, 1.54) is 0 Å². The van der Waals surface area contributed by atoms with E-state index in [1.807, 2.05) is 0 Å². The Bertz CT molecular complexity index is 231. The smallest absolute Gasteiger partial charge is 0.368 e. The maximum atomic E-state index is 12.4. The molecule has 90 valence electrons. The Morgan fingerprint density at radius 2 is 1.53 bits per heavy atom. The average molecular weight is 238 g/mol. The minimum absolute atomic E-state index is 0.695. The van der Waals surface area contributed by atoms with Crippen molar-refractivity contribution >= 4 is 0 Å². The summed E-state index contributed by atoms with van der Waals surface area (Å²) < 4.78 is 78.0. The predicted octanol–water partition coefficient (Wildman–Crippen LogP) is 2.22. The molecule has 2 atom stereocenters. The van der Waals surface area contributed by atoms with Crippen molar-refractivity contribution in [3.8, 4) is 0 Å². The Hall–Kier alpha value is -0.500. The van der Waals surface area contributed by atoms with E-state index >= 15 is 0 Å². The first-order chi connectivity index (χ1) is 6.52. The highest BCUT2D eigenvalue weighted by Gasteiger charge is 2.77. The van der Waals surface area contributed by atoms with Gasteiger partial charge in [0.2, 0.25) is 0 Å². The molecule has 0 aromatic rings. The number of aliphatic hydroxyl groups is 1. The second-order valence-corrected chi connectivity index (χ2v) is 3.44. The quantitative estimate of drug-likeness (QED) is 0.656. The van der Waals surface area contributed by atoms with Crippen molar-refractivity contribution in [2.45, 2.75) is 37.6 Å². The lowest BCUT2D eigenvalue weighted by atomic mass is 9.87. The fraction of sp³-hybridized carbons (Fsp3) is 1.00. The van der Waals surface area contributed by atoms with Crippen LogP contribution in [0.2, 0.25) is 0 Å². The highest BCUT2D eigenvalue weighted by atomic mass is 19.4. The van der Waals surface area contributed by atoms with Crippen LogP contribution in [0.3, 0.4) is 0 Å². The molecular formula is C7H8F6O2. The van der Waals surface area contributed by atoms with E-state index in [4.69, 9.17) is 5.11 Å². The summed E-state index contributed by atoms with van der Waals surface area (Å²) in [4.78, 5) is 0. The zero-order chi connectivity index (χ0) is 12.1. The predicted molar refractivity (Wildman–Crippen MR) is 35.7 cm³/mol. The largest absolute Gasteiger partial charge is 0.426 e. The van der Waals surface area contributed by atoms with E-state index in [9.17, 15) is 26.3 Å². The molecule has 2 unspecified atom stereocenters. The van der Waals surface area contributed by atoms with Crippen LogP contribution in [0.15, 0.2) is 0 Å². The second kappa shape index (κ2) is 3.24. The number of halogens is 6. The van der Waals surface area contributed by atoms with Crippen molar-refractivity contribution in [2.75, 3.05) is 0 Å². The minimum atomic E-state index is -5.60. The molecule has 1 aliphatic heterocycles. The first-order valence-electron chi connectivity index (χ1n) is 4.01. The lowest BCUT2D eigenvalue weighted by molar-refractivity contribution is -0.394. The van der Waals surface area contributed by atoms with Crippen LogP contribution in [0.1, 0.15) is 13.3 Å². The SMILES string of the molecule is CC1CC(O)OC1(C(F)(F)F)C(F)(F)F. The molecule has 1 saturated heterocycles. The van der Waals surface area contributed by atoms with Crippen LogP contribution in [0.4, 0.5) is 26.3 Å². The van der Waals surface area contributed by atoms with Crippen molar-refractivity contribution in [3.63, 3.8) is 0 Å². The highest BCUT2D eigenvalue weighted by molar-refractivity contribution is 5.03. The molecule has 1 aliphatic rings. The lowest BCUT2D eigenvalue weighted by Crippen LogP contribution is -2.60. The third-order valence-corrected chi connectivity index (χ3v) is 2.41. The molecule has 0 bridgehead atoms. The average Bonchev–Trinajstić information content (AvgIpc) is 2.23. The number of hydrogen-bond donors (Lipinski definition) is 1. The zero-order valence-corrected chi connectivity index (χ0v) is 7.49. The first-order valence-corrected chi connectivity index (χ1v) is 4.01. The molecular weight excluding hydrogens is 230 g/mol. The van der Waals surface area contributed by atoms with E-state index in [0.717, 1.165) is 6.92 Å². The number of aliphatic hydroxyl groups excluding tert-OH is 1. The van der Waals surface area contributed by atoms with Crippen LogP contribution in [0, 0.1) is 5.92 Å². The summed E-state index contributed by atoms with van der Waals surface area (Å²) >= 11 is 0. The summed E-state index contributed by atoms with van der Waals surface area (Å²) in [5.74, 6) is -1.87. The Morgan fingerprint density at radius 1 is 1.13 bits per heavy atom. The summed E-state index contributed by atoms with van der Waals surface area (Å²) in [5, 5.41) is 8.74. The zero-order valence-electron chi connectivity index (χ0n) is 7.49. The Labute approximate surface area is 80.8 Å². The Kier molecular flexibility index (Phi) is 2.72. The molecule has 2 nitrogen and oxygen atoms in total. The Balaban J connectivity index is 3.21. The van der Waals surface area contributed by atoms with Crippen LogP contribution in [0.25, 0.3) is 0 Å². The van der Waals surface area contributed by atoms with E-state index in [-0.39, 0.29) is 0 Å². The van der Waals surface area contributed by atoms with Gasteiger partial charge >= 0.3 is 12.4 Å². The van der Waals surface area contributed by atoms with Crippen molar-refractivity contribution in [1.82, 2.24) is 0 Å². The van der Waals surface area contributed by atoms with E-state index < -0.39 is 36.6 Å². The van der Waals surface area contributed by atoms with Gasteiger partial charge in [-0.05, 0) is 0 Å². The first kappa shape index (κ1) is 12.6. The van der Waals surface area contributed by atoms with Gasteiger partial charge in [0.05, 0.1) is 0 Å². The van der Waals surface area contributed by atoms with Gasteiger partial charge in [-0.3, -0.25) is 0 Å². The van der Waals surface area contributed by atoms with Crippen LogP contribution in [-0.4, -0.2) is 29.4 Å². The third kappa shape index (κ3) is 1.69. The van der Waals surface area contributed by atoms with Crippen LogP contribution >= 0.6 is 0 Å². The van der Waals surface area contributed by atoms with Gasteiger partial charge in [0.25, 0.3) is 5.60 Å². The topological polar surface area (TPSA) is 29.5 Å². The van der Waals surface area contributed by atoms with Crippen LogP contribution in [0.5, 0.6) is 0 Å². The number of rotatable bonds is 0. The summed E-state index contributed by atoms with van der Waals surface area (Å²) in [6.45, 7) is 0.747. The molecule has 0 aliphatic carbocycles. The molecule has 0 aromatic carbocycles. The molecule has 1 fully saturated rings. The molecule has 1 rings (SSSR count). The van der Waals surface area contributed by atoms with Crippen molar-refractivity contribution in [1.29, 1.82) is 0 Å². The summed E-state index contributed by atoms with van der Waals surface area (Å²) in [6.07, 6.45) is -13.9. The van der Waals surface area contributed by atoms with Gasteiger partial charge in [-0.15, -0.1) is 0 Å². The van der Waals surface area contributed by atoms with Gasteiger partial charge in [0, 0.05) is 12.3 Å². The van der Waals surface area contributed by atoms with Crippen molar-refractivity contribution in [3.05, 3.63) is 0 Å². The van der Waals surface area contributed by atoms with E-state index in [2.05, 4.69) is 4.74 Å². The van der Waals surface area contributed by atoms with Gasteiger partial charge in [-0.1, -0.05) is 6.92 Å². The molecule has 0 aromatic heterocycles. The Morgan fingerprint density at radius 3 is 1.67 bits per heavy atom. The highest BCUT2D eigenvalue weighted by Crippen LogP contribution is 2.55. The molecule has 0 saturated carbocycles. The van der Waals surface area contributed by atoms with Gasteiger partial charge in [0.1, 0.15) is 0 Å². The molecule has 8 heteroatoms. The third-order valence-electron chi connectivity index (χ3n) is 2.41. The molecule has 1 N–H and O–H groups in total. The molecule has 1 heterocycles. The maximum Gasteiger partial charge on any atom is 0.426 e. The van der Waals surface area contributed by atoms with Gasteiger partial charge in [-0.2, -0.15) is 26.3 Å². The van der Waals surface area contributed by atoms with E-state index in [0.29, 0.717) is 0 Å². The number of alkyl halides is 6. The standard InChI is InChI=1S/C7H8F6O2/c1-3-2-4(14)15-5(3,6(8,9)10)7(11,12)13/h3-4,14H,2H2,1H3. The van der Waals surface area contributed by atoms with Gasteiger partial charge in [0.15, 0.2) is 6.29 Å². The van der Waals surface area contributed by atoms with Crippen LogP contribution in [-0.2, 0) is 4.74 Å². The van der Waals surface area contributed by atoms with Crippen molar-refractivity contribution < 1.29 is 36.2 Å². The normalized spacial score (nSPS) is 32.0. The maximum absolute atomic E-state index is 12.4. The summed E-state index contributed by atoms with van der Waals surface area (Å²) in [7, 11) is 0. The molecule has 15 heavy (non-hydrogen) atoms. The minimum Gasteiger partial charge on any atom is -0.368 e. The van der Waals surface area contributed by atoms with Crippen LogP contribution < -0.4 is 0 Å². The fourth-order valence-corrected chi connectivity index (χ4v) is 1.70. The summed E-state index contributed by atoms with van der Waals surface area (Å²) in [6, 6.07) is 0. The van der Waals surface area contributed by atoms with Gasteiger partial charge < -0.3 is 9.84 Å². The fourth-order valence-electron chi connectivity index (χ4n) is 1.70. The van der Waals surface area contributed by atoms with Crippen molar-refractivity contribution in [2.24, 2.45) is 5.92 Å². The van der Waals surface area contributed by atoms with E-state index in [1.54, 1.807) is 0 Å². The molecule has 0 radical (unpaired) electrons. The molecule has 0 spiro atoms. The monoisotopic (exact) mass is 238 g/mol. The summed E-state index contributed by atoms with van der Waals surface area (Å²) in [5.41, 5.74) is -4.25. The molecule has 0 amide bonds. The second-order valence-electron chi connectivity index (χ2n) is 3.44.